The van der Waals surface area contributed by atoms with Gasteiger partial charge in [0.1, 0.15) is 11.5 Å². The Hall–Kier alpha value is -1.07. The molecular weight excluding hydrogens is 395 g/mol. The lowest BCUT2D eigenvalue weighted by Gasteiger charge is -2.34. The van der Waals surface area contributed by atoms with Gasteiger partial charge in [0.15, 0.2) is 0 Å². The summed E-state index contributed by atoms with van der Waals surface area (Å²) in [6, 6.07) is 6.81. The summed E-state index contributed by atoms with van der Waals surface area (Å²) in [5.74, 6) is 2.04. The minimum Gasteiger partial charge on any atom is -0.373 e. The molecule has 2 aliphatic carbocycles. The van der Waals surface area contributed by atoms with Crippen LogP contribution in [0.4, 0.5) is 0 Å². The molecule has 1 aromatic heterocycles. The van der Waals surface area contributed by atoms with Gasteiger partial charge in [-0.3, -0.25) is 4.90 Å². The highest BCUT2D eigenvalue weighted by molar-refractivity contribution is 6.39. The summed E-state index contributed by atoms with van der Waals surface area (Å²) in [6.07, 6.45) is 4.99. The van der Waals surface area contributed by atoms with E-state index in [1.807, 2.05) is 18.2 Å². The molecule has 0 unspecified atom stereocenters. The van der Waals surface area contributed by atoms with E-state index in [4.69, 9.17) is 32.5 Å². The summed E-state index contributed by atoms with van der Waals surface area (Å²) in [6.45, 7) is 6.24. The Morgan fingerprint density at radius 1 is 1.21 bits per heavy atom. The van der Waals surface area contributed by atoms with Crippen molar-refractivity contribution in [3.63, 3.8) is 0 Å². The van der Waals surface area contributed by atoms with E-state index in [9.17, 15) is 0 Å². The number of nitrogens with zero attached hydrogens (tertiary/aromatic N) is 2. The zero-order chi connectivity index (χ0) is 19.4. The van der Waals surface area contributed by atoms with Crippen molar-refractivity contribution in [1.29, 1.82) is 0 Å². The van der Waals surface area contributed by atoms with Crippen LogP contribution in [0.3, 0.4) is 0 Å². The summed E-state index contributed by atoms with van der Waals surface area (Å²) in [4.78, 5) is 2.62. The summed E-state index contributed by atoms with van der Waals surface area (Å²) < 4.78 is 12.2. The van der Waals surface area contributed by atoms with Crippen molar-refractivity contribution in [2.24, 2.45) is 5.92 Å². The Balaban J connectivity index is 1.38. The molecular formula is C22H26Cl2N2O2. The molecule has 1 saturated heterocycles. The molecule has 0 spiro atoms. The van der Waals surface area contributed by atoms with E-state index in [2.05, 4.69) is 23.9 Å². The number of halogens is 2. The number of hydrogen-bond donors (Lipinski definition) is 0. The third-order valence-electron chi connectivity index (χ3n) is 6.59. The maximum absolute atomic E-state index is 6.46. The first-order valence-electron chi connectivity index (χ1n) is 10.3. The van der Waals surface area contributed by atoms with Gasteiger partial charge in [-0.05, 0) is 57.6 Å². The second kappa shape index (κ2) is 7.32. The Kier molecular flexibility index (Phi) is 4.95. The van der Waals surface area contributed by atoms with Gasteiger partial charge in [-0.25, -0.2) is 0 Å². The average Bonchev–Trinajstić information content (AvgIpc) is 3.11. The van der Waals surface area contributed by atoms with Gasteiger partial charge in [0.2, 0.25) is 0 Å². The predicted octanol–water partition coefficient (Wildman–Crippen LogP) is 5.91. The molecule has 28 heavy (non-hydrogen) atoms. The van der Waals surface area contributed by atoms with Crippen molar-refractivity contribution in [1.82, 2.24) is 10.1 Å². The first kappa shape index (κ1) is 18.9. The minimum absolute atomic E-state index is 0.316. The normalized spacial score (nSPS) is 27.2. The molecule has 1 aromatic carbocycles. The summed E-state index contributed by atoms with van der Waals surface area (Å²) in [5, 5.41) is 5.55. The fourth-order valence-corrected chi connectivity index (χ4v) is 5.59. The van der Waals surface area contributed by atoms with E-state index in [0.717, 1.165) is 48.4 Å². The first-order chi connectivity index (χ1) is 13.5. The van der Waals surface area contributed by atoms with Crippen LogP contribution in [0.15, 0.2) is 22.7 Å². The van der Waals surface area contributed by atoms with Gasteiger partial charge < -0.3 is 9.26 Å². The molecule has 0 N–H and O–H groups in total. The fourth-order valence-electron chi connectivity index (χ4n) is 5.02. The van der Waals surface area contributed by atoms with Crippen molar-refractivity contribution in [3.8, 4) is 11.3 Å². The molecule has 150 valence electrons. The van der Waals surface area contributed by atoms with Crippen LogP contribution in [0.5, 0.6) is 0 Å². The number of likely N-dealkylation sites (tertiary alicyclic amines) is 1. The number of aromatic nitrogens is 1. The van der Waals surface area contributed by atoms with Gasteiger partial charge in [0, 0.05) is 35.7 Å². The number of hydrogen-bond acceptors (Lipinski definition) is 4. The van der Waals surface area contributed by atoms with E-state index in [0.29, 0.717) is 46.7 Å². The van der Waals surface area contributed by atoms with Crippen LogP contribution in [-0.2, 0) is 11.3 Å². The molecule has 0 radical (unpaired) electrons. The lowest BCUT2D eigenvalue weighted by molar-refractivity contribution is -0.0155. The second-order valence-corrected chi connectivity index (χ2v) is 9.58. The zero-order valence-electron chi connectivity index (χ0n) is 16.3. The number of benzene rings is 1. The van der Waals surface area contributed by atoms with Gasteiger partial charge in [-0.2, -0.15) is 0 Å². The van der Waals surface area contributed by atoms with Crippen molar-refractivity contribution in [2.45, 2.75) is 70.2 Å². The van der Waals surface area contributed by atoms with Crippen LogP contribution in [0.1, 0.15) is 56.8 Å². The third kappa shape index (κ3) is 3.28. The van der Waals surface area contributed by atoms with Gasteiger partial charge in [0.05, 0.1) is 22.8 Å². The molecule has 0 amide bonds. The lowest BCUT2D eigenvalue weighted by Crippen LogP contribution is -2.42. The molecule has 2 saturated carbocycles. The third-order valence-corrected chi connectivity index (χ3v) is 7.22. The molecule has 6 heteroatoms. The fraction of sp³-hybridized carbons (Fsp3) is 0.591. The highest BCUT2D eigenvalue weighted by Gasteiger charge is 2.46. The molecule has 3 aliphatic rings. The molecule has 3 fully saturated rings. The van der Waals surface area contributed by atoms with Crippen LogP contribution in [0.2, 0.25) is 10.0 Å². The van der Waals surface area contributed by atoms with Crippen LogP contribution >= 0.6 is 23.2 Å². The van der Waals surface area contributed by atoms with Gasteiger partial charge in [0.25, 0.3) is 0 Å². The van der Waals surface area contributed by atoms with Crippen molar-refractivity contribution < 1.29 is 9.26 Å². The number of piperidine rings is 1. The van der Waals surface area contributed by atoms with Crippen molar-refractivity contribution in [2.75, 3.05) is 6.54 Å². The quantitative estimate of drug-likeness (QED) is 0.581. The molecule has 2 aromatic rings. The average molecular weight is 421 g/mol. The van der Waals surface area contributed by atoms with Crippen LogP contribution in [0.25, 0.3) is 11.3 Å². The Morgan fingerprint density at radius 3 is 2.57 bits per heavy atom. The number of fused-ring (bicyclic) bond motifs is 2. The standard InChI is InChI=1S/C22H26Cl2N2O2/c1-12(2)26-10-14-8-15(26)9-19(14)27-11-16-21(25-28-22(16)13-6-7-13)20-17(23)4-3-5-18(20)24/h3-5,12-15,19H,6-11H2,1-2H3/t14-,15-,19+/m0/s1. The molecule has 4 nitrogen and oxygen atoms in total. The molecule has 5 rings (SSSR count). The maximum atomic E-state index is 6.46. The number of rotatable bonds is 6. The Morgan fingerprint density at radius 2 is 1.96 bits per heavy atom. The van der Waals surface area contributed by atoms with Crippen LogP contribution in [-0.4, -0.2) is 34.8 Å². The van der Waals surface area contributed by atoms with Gasteiger partial charge >= 0.3 is 0 Å². The highest BCUT2D eigenvalue weighted by Crippen LogP contribution is 2.47. The SMILES string of the molecule is CC(C)N1C[C@@H]2C[C@H]1C[C@H]2OCc1c(-c2c(Cl)cccc2Cl)noc1C1CC1. The number of ether oxygens (including phenoxy) is 1. The first-order valence-corrected chi connectivity index (χ1v) is 11.1. The van der Waals surface area contributed by atoms with Crippen molar-refractivity contribution in [3.05, 3.63) is 39.6 Å². The van der Waals surface area contributed by atoms with Gasteiger partial charge in [-0.1, -0.05) is 34.4 Å². The largest absolute Gasteiger partial charge is 0.373 e. The zero-order valence-corrected chi connectivity index (χ0v) is 17.8. The lowest BCUT2D eigenvalue weighted by atomic mass is 10.0. The predicted molar refractivity (Wildman–Crippen MR) is 111 cm³/mol. The molecule has 2 bridgehead atoms. The van der Waals surface area contributed by atoms with E-state index < -0.39 is 0 Å². The maximum Gasteiger partial charge on any atom is 0.145 e. The summed E-state index contributed by atoms with van der Waals surface area (Å²) >= 11 is 12.9. The monoisotopic (exact) mass is 420 g/mol. The molecule has 1 aliphatic heterocycles. The minimum atomic E-state index is 0.316. The van der Waals surface area contributed by atoms with E-state index in [-0.39, 0.29) is 0 Å². The smallest absolute Gasteiger partial charge is 0.145 e. The van der Waals surface area contributed by atoms with Crippen molar-refractivity contribution >= 4 is 23.2 Å². The molecule has 2 heterocycles. The Bertz CT molecular complexity index is 857. The van der Waals surface area contributed by atoms with E-state index in [1.54, 1.807) is 0 Å². The Labute approximate surface area is 176 Å². The topological polar surface area (TPSA) is 38.5 Å². The second-order valence-electron chi connectivity index (χ2n) is 8.77. The molecule has 3 atom stereocenters. The van der Waals surface area contributed by atoms with E-state index in [1.165, 1.54) is 6.42 Å². The van der Waals surface area contributed by atoms with E-state index >= 15 is 0 Å². The van der Waals surface area contributed by atoms with Crippen LogP contribution < -0.4 is 0 Å². The summed E-state index contributed by atoms with van der Waals surface area (Å²) in [7, 11) is 0. The van der Waals surface area contributed by atoms with Gasteiger partial charge in [-0.15, -0.1) is 0 Å². The van der Waals surface area contributed by atoms with Crippen LogP contribution in [0, 0.1) is 5.92 Å². The highest BCUT2D eigenvalue weighted by atomic mass is 35.5. The summed E-state index contributed by atoms with van der Waals surface area (Å²) in [5.41, 5.74) is 2.52.